The molecule has 9 heteroatoms. The van der Waals surface area contributed by atoms with Crippen molar-refractivity contribution in [2.45, 2.75) is 13.0 Å². The van der Waals surface area contributed by atoms with Crippen LogP contribution in [0, 0.1) is 17.5 Å². The number of carbonyl (C=O) groups is 1. The minimum atomic E-state index is -4.00. The third-order valence-corrected chi connectivity index (χ3v) is 4.62. The van der Waals surface area contributed by atoms with Gasteiger partial charge in [-0.25, -0.2) is 21.6 Å². The second-order valence-corrected chi connectivity index (χ2v) is 7.16. The minimum Gasteiger partial charge on any atom is -0.322 e. The van der Waals surface area contributed by atoms with Gasteiger partial charge in [0, 0.05) is 6.07 Å². The predicted molar refractivity (Wildman–Crippen MR) is 88.2 cm³/mol. The lowest BCUT2D eigenvalue weighted by Crippen LogP contribution is -2.45. The van der Waals surface area contributed by atoms with Crippen molar-refractivity contribution in [2.24, 2.45) is 0 Å². The van der Waals surface area contributed by atoms with Crippen LogP contribution in [0.1, 0.15) is 6.92 Å². The van der Waals surface area contributed by atoms with E-state index < -0.39 is 39.4 Å². The fourth-order valence-electron chi connectivity index (χ4n) is 2.23. The van der Waals surface area contributed by atoms with E-state index in [2.05, 4.69) is 5.32 Å². The van der Waals surface area contributed by atoms with Crippen LogP contribution in [0.15, 0.2) is 42.5 Å². The topological polar surface area (TPSA) is 66.5 Å². The summed E-state index contributed by atoms with van der Waals surface area (Å²) in [5.74, 6) is -3.93. The summed E-state index contributed by atoms with van der Waals surface area (Å²) in [6.07, 6.45) is 0.821. The number of rotatable bonds is 5. The van der Waals surface area contributed by atoms with Gasteiger partial charge < -0.3 is 5.32 Å². The number of nitrogens with zero attached hydrogens (tertiary/aromatic N) is 1. The Balaban J connectivity index is 2.36. The van der Waals surface area contributed by atoms with Gasteiger partial charge in [-0.05, 0) is 31.2 Å². The zero-order valence-electron chi connectivity index (χ0n) is 13.3. The van der Waals surface area contributed by atoms with E-state index in [0.29, 0.717) is 10.4 Å². The van der Waals surface area contributed by atoms with Gasteiger partial charge in [-0.15, -0.1) is 0 Å². The molecule has 0 aliphatic carbocycles. The first kappa shape index (κ1) is 18.8. The van der Waals surface area contributed by atoms with Crippen LogP contribution < -0.4 is 9.62 Å². The minimum absolute atomic E-state index is 0.127. The number of halogens is 3. The highest BCUT2D eigenvalue weighted by Crippen LogP contribution is 2.24. The molecule has 0 fully saturated rings. The maximum absolute atomic E-state index is 13.6. The first-order valence-electron chi connectivity index (χ1n) is 7.11. The Morgan fingerprint density at radius 2 is 1.68 bits per heavy atom. The number of para-hydroxylation sites is 1. The van der Waals surface area contributed by atoms with Gasteiger partial charge >= 0.3 is 0 Å². The van der Waals surface area contributed by atoms with Crippen molar-refractivity contribution in [1.29, 1.82) is 0 Å². The van der Waals surface area contributed by atoms with E-state index >= 15 is 0 Å². The fourth-order valence-corrected chi connectivity index (χ4v) is 3.40. The van der Waals surface area contributed by atoms with E-state index in [1.165, 1.54) is 25.1 Å². The molecule has 1 amide bonds. The Kier molecular flexibility index (Phi) is 5.36. The van der Waals surface area contributed by atoms with Crippen LogP contribution in [0.3, 0.4) is 0 Å². The average molecular weight is 372 g/mol. The molecule has 0 saturated heterocycles. The molecule has 5 nitrogen and oxygen atoms in total. The van der Waals surface area contributed by atoms with E-state index in [1.807, 2.05) is 0 Å². The lowest BCUT2D eigenvalue weighted by Gasteiger charge is -2.28. The second-order valence-electron chi connectivity index (χ2n) is 5.30. The van der Waals surface area contributed by atoms with Gasteiger partial charge in [-0.3, -0.25) is 9.10 Å². The Bertz CT molecular complexity index is 903. The number of amides is 1. The molecule has 0 aliphatic heterocycles. The quantitative estimate of drug-likeness (QED) is 0.878. The third-order valence-electron chi connectivity index (χ3n) is 3.38. The number of carbonyl (C=O) groups excluding carboxylic acids is 1. The molecule has 1 unspecified atom stereocenters. The normalized spacial score (nSPS) is 12.5. The van der Waals surface area contributed by atoms with Crippen molar-refractivity contribution in [3.05, 3.63) is 59.9 Å². The van der Waals surface area contributed by atoms with Gasteiger partial charge in [0.2, 0.25) is 15.9 Å². The zero-order chi connectivity index (χ0) is 18.8. The Labute approximate surface area is 143 Å². The number of benzene rings is 2. The molecular weight excluding hydrogens is 357 g/mol. The van der Waals surface area contributed by atoms with E-state index in [4.69, 9.17) is 0 Å². The fraction of sp³-hybridized carbons (Fsp3) is 0.188. The van der Waals surface area contributed by atoms with Crippen LogP contribution in [0.25, 0.3) is 0 Å². The highest BCUT2D eigenvalue weighted by molar-refractivity contribution is 7.92. The monoisotopic (exact) mass is 372 g/mol. The molecule has 25 heavy (non-hydrogen) atoms. The molecule has 2 rings (SSSR count). The SMILES string of the molecule is CC(C(=O)Nc1ccccc1F)N(c1ccc(F)c(F)c1)S(C)(=O)=O. The number of sulfonamides is 1. The van der Waals surface area contributed by atoms with Crippen LogP contribution in [0.2, 0.25) is 0 Å². The van der Waals surface area contributed by atoms with Crippen LogP contribution in [0.5, 0.6) is 0 Å². The van der Waals surface area contributed by atoms with E-state index in [0.717, 1.165) is 24.5 Å². The summed E-state index contributed by atoms with van der Waals surface area (Å²) in [6, 6.07) is 6.48. The number of anilines is 2. The van der Waals surface area contributed by atoms with Crippen molar-refractivity contribution in [3.63, 3.8) is 0 Å². The maximum atomic E-state index is 13.6. The molecule has 0 radical (unpaired) electrons. The van der Waals surface area contributed by atoms with Gasteiger partial charge in [0.15, 0.2) is 11.6 Å². The summed E-state index contributed by atoms with van der Waals surface area (Å²) < 4.78 is 64.9. The molecular formula is C16H15F3N2O3S. The van der Waals surface area contributed by atoms with Crippen LogP contribution in [-0.2, 0) is 14.8 Å². The molecule has 0 spiro atoms. The summed E-state index contributed by atoms with van der Waals surface area (Å²) in [6.45, 7) is 1.25. The Morgan fingerprint density at radius 1 is 1.04 bits per heavy atom. The van der Waals surface area contributed by atoms with Crippen LogP contribution in [-0.4, -0.2) is 26.6 Å². The van der Waals surface area contributed by atoms with Crippen molar-refractivity contribution in [3.8, 4) is 0 Å². The first-order chi connectivity index (χ1) is 11.6. The molecule has 0 aliphatic rings. The Hall–Kier alpha value is -2.55. The number of hydrogen-bond donors (Lipinski definition) is 1. The van der Waals surface area contributed by atoms with Crippen molar-refractivity contribution < 1.29 is 26.4 Å². The molecule has 0 saturated carbocycles. The first-order valence-corrected chi connectivity index (χ1v) is 8.96. The summed E-state index contributed by atoms with van der Waals surface area (Å²) >= 11 is 0. The largest absolute Gasteiger partial charge is 0.322 e. The van der Waals surface area contributed by atoms with Gasteiger partial charge in [-0.2, -0.15) is 0 Å². The number of nitrogens with one attached hydrogen (secondary N) is 1. The second kappa shape index (κ2) is 7.14. The molecule has 0 aromatic heterocycles. The standard InChI is InChI=1S/C16H15F3N2O3S/c1-10(16(22)20-15-6-4-3-5-13(15)18)21(25(2,23)24)11-7-8-12(17)14(19)9-11/h3-10H,1-2H3,(H,20,22). The summed E-state index contributed by atoms with van der Waals surface area (Å²) in [5.41, 5.74) is -0.351. The zero-order valence-corrected chi connectivity index (χ0v) is 14.1. The molecule has 1 atom stereocenters. The smallest absolute Gasteiger partial charge is 0.248 e. The van der Waals surface area contributed by atoms with Crippen LogP contribution in [0.4, 0.5) is 24.5 Å². The highest BCUT2D eigenvalue weighted by Gasteiger charge is 2.30. The van der Waals surface area contributed by atoms with Gasteiger partial charge in [0.05, 0.1) is 17.6 Å². The van der Waals surface area contributed by atoms with E-state index in [1.54, 1.807) is 0 Å². The van der Waals surface area contributed by atoms with Crippen molar-refractivity contribution >= 4 is 27.3 Å². The van der Waals surface area contributed by atoms with Gasteiger partial charge in [0.1, 0.15) is 11.9 Å². The average Bonchev–Trinajstić information content (AvgIpc) is 2.51. The van der Waals surface area contributed by atoms with Crippen molar-refractivity contribution in [1.82, 2.24) is 0 Å². The molecule has 1 N–H and O–H groups in total. The molecule has 0 heterocycles. The maximum Gasteiger partial charge on any atom is 0.248 e. The third kappa shape index (κ3) is 4.30. The molecule has 134 valence electrons. The summed E-state index contributed by atoms with van der Waals surface area (Å²) in [7, 11) is -4.00. The van der Waals surface area contributed by atoms with Gasteiger partial charge in [-0.1, -0.05) is 12.1 Å². The van der Waals surface area contributed by atoms with Crippen LogP contribution >= 0.6 is 0 Å². The summed E-state index contributed by atoms with van der Waals surface area (Å²) in [5, 5.41) is 2.27. The van der Waals surface area contributed by atoms with Gasteiger partial charge in [0.25, 0.3) is 0 Å². The van der Waals surface area contributed by atoms with E-state index in [-0.39, 0.29) is 11.4 Å². The lowest BCUT2D eigenvalue weighted by molar-refractivity contribution is -0.116. The molecule has 0 bridgehead atoms. The van der Waals surface area contributed by atoms with Crippen molar-refractivity contribution in [2.75, 3.05) is 15.9 Å². The molecule has 2 aromatic carbocycles. The highest BCUT2D eigenvalue weighted by atomic mass is 32.2. The molecule has 2 aromatic rings. The number of hydrogen-bond acceptors (Lipinski definition) is 3. The van der Waals surface area contributed by atoms with E-state index in [9.17, 15) is 26.4 Å². The Morgan fingerprint density at radius 3 is 2.24 bits per heavy atom. The predicted octanol–water partition coefficient (Wildman–Crippen LogP) is 2.90. The summed E-state index contributed by atoms with van der Waals surface area (Å²) in [4.78, 5) is 12.3. The lowest BCUT2D eigenvalue weighted by atomic mass is 10.2.